The minimum Gasteiger partial charge on any atom is -0.387 e. The Hall–Kier alpha value is -3.06. The van der Waals surface area contributed by atoms with Gasteiger partial charge >= 0.3 is 0 Å². The molecule has 4 heterocycles. The molecule has 2 atom stereocenters. The number of unbranched alkanes of at least 4 members (excludes halogenated alkanes) is 1. The van der Waals surface area contributed by atoms with Crippen LogP contribution in [0.15, 0.2) is 42.7 Å². The number of fused-ring (bicyclic) bond motifs is 3. The second kappa shape index (κ2) is 10.1. The smallest absolute Gasteiger partial charge is 0.254 e. The number of hydrogen-bond donors (Lipinski definition) is 3. The Morgan fingerprint density at radius 3 is 2.62 bits per heavy atom. The fourth-order valence-electron chi connectivity index (χ4n) is 5.39. The van der Waals surface area contributed by atoms with E-state index in [9.17, 15) is 4.79 Å². The summed E-state index contributed by atoms with van der Waals surface area (Å²) in [5.41, 5.74) is 4.89. The predicted octanol–water partition coefficient (Wildman–Crippen LogP) is 3.79. The number of piperazine rings is 1. The molecule has 7 nitrogen and oxygen atoms in total. The van der Waals surface area contributed by atoms with Gasteiger partial charge in [-0.2, -0.15) is 0 Å². The number of anilines is 2. The molecule has 0 spiro atoms. The van der Waals surface area contributed by atoms with Gasteiger partial charge in [0.15, 0.2) is 0 Å². The number of aromatic nitrogens is 2. The molecule has 1 amide bonds. The average Bonchev–Trinajstić information content (AvgIpc) is 3.44. The molecule has 2 aliphatic rings. The SMILES string of the molecule is CCCCn1ccc2c(NC)c(C(=O)NCCc3ccc(N4CC5CCC(C4)N5)cc3)cnc21. The van der Waals surface area contributed by atoms with E-state index in [4.69, 9.17) is 0 Å². The van der Waals surface area contributed by atoms with Crippen molar-refractivity contribution in [3.63, 3.8) is 0 Å². The lowest BCUT2D eigenvalue weighted by Crippen LogP contribution is -2.51. The van der Waals surface area contributed by atoms with Crippen molar-refractivity contribution in [1.29, 1.82) is 0 Å². The van der Waals surface area contributed by atoms with Gasteiger partial charge in [0.25, 0.3) is 5.91 Å². The summed E-state index contributed by atoms with van der Waals surface area (Å²) in [5, 5.41) is 11.0. The third-order valence-electron chi connectivity index (χ3n) is 7.25. The van der Waals surface area contributed by atoms with Crippen LogP contribution in [0.3, 0.4) is 0 Å². The summed E-state index contributed by atoms with van der Waals surface area (Å²) in [6.45, 7) is 5.91. The monoisotopic (exact) mass is 460 g/mol. The van der Waals surface area contributed by atoms with E-state index in [2.05, 4.69) is 67.8 Å². The molecule has 180 valence electrons. The van der Waals surface area contributed by atoms with Gasteiger partial charge in [-0.3, -0.25) is 4.79 Å². The molecule has 1 aromatic carbocycles. The van der Waals surface area contributed by atoms with E-state index in [-0.39, 0.29) is 5.91 Å². The van der Waals surface area contributed by atoms with Crippen LogP contribution < -0.4 is 20.9 Å². The van der Waals surface area contributed by atoms with Crippen molar-refractivity contribution in [2.45, 2.75) is 57.7 Å². The van der Waals surface area contributed by atoms with E-state index in [1.54, 1.807) is 6.20 Å². The Balaban J connectivity index is 1.19. The summed E-state index contributed by atoms with van der Waals surface area (Å²) in [5.74, 6) is -0.0898. The van der Waals surface area contributed by atoms with Gasteiger partial charge in [0.2, 0.25) is 0 Å². The number of carbonyl (C=O) groups excluding carboxylic acids is 1. The van der Waals surface area contributed by atoms with E-state index >= 15 is 0 Å². The van der Waals surface area contributed by atoms with Crippen LogP contribution in [-0.4, -0.2) is 54.2 Å². The summed E-state index contributed by atoms with van der Waals surface area (Å²) in [7, 11) is 1.86. The van der Waals surface area contributed by atoms with Crippen molar-refractivity contribution >= 4 is 28.3 Å². The van der Waals surface area contributed by atoms with Crippen molar-refractivity contribution in [3.05, 3.63) is 53.9 Å². The van der Waals surface area contributed by atoms with Crippen LogP contribution in [0.25, 0.3) is 11.0 Å². The number of carbonyl (C=O) groups is 1. The number of benzene rings is 1. The zero-order chi connectivity index (χ0) is 23.5. The lowest BCUT2D eigenvalue weighted by atomic mass is 10.1. The largest absolute Gasteiger partial charge is 0.387 e. The highest BCUT2D eigenvalue weighted by Crippen LogP contribution is 2.27. The molecule has 2 unspecified atom stereocenters. The van der Waals surface area contributed by atoms with Crippen molar-refractivity contribution in [1.82, 2.24) is 20.2 Å². The van der Waals surface area contributed by atoms with Gasteiger partial charge in [0.1, 0.15) is 5.65 Å². The molecule has 0 saturated carbocycles. The Labute approximate surface area is 201 Å². The first-order chi connectivity index (χ1) is 16.7. The molecule has 0 aliphatic carbocycles. The molecule has 2 bridgehead atoms. The molecular formula is C27H36N6O. The molecule has 5 rings (SSSR count). The van der Waals surface area contributed by atoms with Crippen LogP contribution in [0.5, 0.6) is 0 Å². The van der Waals surface area contributed by atoms with E-state index in [0.717, 1.165) is 55.6 Å². The number of amides is 1. The van der Waals surface area contributed by atoms with Crippen molar-refractivity contribution in [2.24, 2.45) is 0 Å². The summed E-state index contributed by atoms with van der Waals surface area (Å²) in [6, 6.07) is 12.2. The first kappa shape index (κ1) is 22.7. The van der Waals surface area contributed by atoms with E-state index in [1.807, 2.05) is 13.1 Å². The van der Waals surface area contributed by atoms with Gasteiger partial charge in [0, 0.05) is 68.8 Å². The normalized spacial score (nSPS) is 19.5. The molecule has 0 radical (unpaired) electrons. The number of pyridine rings is 1. The lowest BCUT2D eigenvalue weighted by Gasteiger charge is -2.34. The van der Waals surface area contributed by atoms with Crippen molar-refractivity contribution < 1.29 is 4.79 Å². The Bertz CT molecular complexity index is 1130. The third kappa shape index (κ3) is 4.62. The first-order valence-corrected chi connectivity index (χ1v) is 12.7. The molecule has 3 N–H and O–H groups in total. The second-order valence-corrected chi connectivity index (χ2v) is 9.61. The molecule has 34 heavy (non-hydrogen) atoms. The fourth-order valence-corrected chi connectivity index (χ4v) is 5.39. The molecule has 3 aromatic rings. The number of hydrogen-bond acceptors (Lipinski definition) is 5. The quantitative estimate of drug-likeness (QED) is 0.453. The van der Waals surface area contributed by atoms with E-state index < -0.39 is 0 Å². The maximum Gasteiger partial charge on any atom is 0.254 e. The number of aryl methyl sites for hydroxylation is 1. The van der Waals surface area contributed by atoms with Crippen LogP contribution in [0, 0.1) is 0 Å². The highest BCUT2D eigenvalue weighted by atomic mass is 16.1. The van der Waals surface area contributed by atoms with Crippen LogP contribution in [0.1, 0.15) is 48.5 Å². The van der Waals surface area contributed by atoms with Gasteiger partial charge in [-0.15, -0.1) is 0 Å². The van der Waals surface area contributed by atoms with Gasteiger partial charge in [-0.05, 0) is 49.4 Å². The number of nitrogens with one attached hydrogen (secondary N) is 3. The molecule has 2 fully saturated rings. The Morgan fingerprint density at radius 1 is 1.15 bits per heavy atom. The number of rotatable bonds is 9. The third-order valence-corrected chi connectivity index (χ3v) is 7.25. The van der Waals surface area contributed by atoms with Crippen LogP contribution in [0.2, 0.25) is 0 Å². The lowest BCUT2D eigenvalue weighted by molar-refractivity contribution is 0.0954. The maximum atomic E-state index is 13.0. The highest BCUT2D eigenvalue weighted by molar-refractivity contribution is 6.06. The van der Waals surface area contributed by atoms with Gasteiger partial charge in [0.05, 0.1) is 11.3 Å². The second-order valence-electron chi connectivity index (χ2n) is 9.61. The van der Waals surface area contributed by atoms with Crippen LogP contribution in [0.4, 0.5) is 11.4 Å². The molecule has 2 aliphatic heterocycles. The maximum absolute atomic E-state index is 13.0. The standard InChI is InChI=1S/C27H36N6O/c1-3-4-14-32-15-12-23-25(28-2)24(16-30-26(23)32)27(34)29-13-11-19-5-9-22(10-6-19)33-17-20-7-8-21(18-33)31-20/h5-6,9-10,12,15-16,20-21,31H,3-4,7-8,11,13-14,17-18H2,1-2H3,(H,28,30)(H,29,34). The summed E-state index contributed by atoms with van der Waals surface area (Å²) in [4.78, 5) is 20.1. The van der Waals surface area contributed by atoms with Crippen LogP contribution >= 0.6 is 0 Å². The summed E-state index contributed by atoms with van der Waals surface area (Å²) in [6.07, 6.45) is 9.39. The van der Waals surface area contributed by atoms with Crippen LogP contribution in [-0.2, 0) is 13.0 Å². The van der Waals surface area contributed by atoms with Gasteiger partial charge < -0.3 is 25.4 Å². The summed E-state index contributed by atoms with van der Waals surface area (Å²) < 4.78 is 2.16. The average molecular weight is 461 g/mol. The zero-order valence-electron chi connectivity index (χ0n) is 20.3. The molecular weight excluding hydrogens is 424 g/mol. The molecule has 2 aromatic heterocycles. The van der Waals surface area contributed by atoms with Crippen molar-refractivity contribution in [2.75, 3.05) is 36.9 Å². The van der Waals surface area contributed by atoms with Crippen molar-refractivity contribution in [3.8, 4) is 0 Å². The minimum absolute atomic E-state index is 0.0898. The topological polar surface area (TPSA) is 74.2 Å². The van der Waals surface area contributed by atoms with Gasteiger partial charge in [-0.25, -0.2) is 4.98 Å². The minimum atomic E-state index is -0.0898. The fraction of sp³-hybridized carbons (Fsp3) is 0.481. The Kier molecular flexibility index (Phi) is 6.72. The predicted molar refractivity (Wildman–Crippen MR) is 139 cm³/mol. The summed E-state index contributed by atoms with van der Waals surface area (Å²) >= 11 is 0. The number of nitrogens with zero attached hydrogens (tertiary/aromatic N) is 3. The van der Waals surface area contributed by atoms with Gasteiger partial charge in [-0.1, -0.05) is 25.5 Å². The van der Waals surface area contributed by atoms with E-state index in [0.29, 0.717) is 24.2 Å². The van der Waals surface area contributed by atoms with E-state index in [1.165, 1.54) is 24.1 Å². The zero-order valence-corrected chi connectivity index (χ0v) is 20.3. The molecule has 2 saturated heterocycles. The Morgan fingerprint density at radius 2 is 1.91 bits per heavy atom. The highest BCUT2D eigenvalue weighted by Gasteiger charge is 2.32. The first-order valence-electron chi connectivity index (χ1n) is 12.7. The molecule has 7 heteroatoms.